The molecule has 0 amide bonds. The van der Waals surface area contributed by atoms with Crippen LogP contribution in [0.25, 0.3) is 0 Å². The van der Waals surface area contributed by atoms with Crippen LogP contribution in [0.4, 0.5) is 0 Å². The number of fused-ring (bicyclic) bond motifs is 7. The first-order chi connectivity index (χ1) is 39.1. The summed E-state index contributed by atoms with van der Waals surface area (Å²) in [5.41, 5.74) is -1.10. The first-order valence-electron chi connectivity index (χ1n) is 29.5. The molecule has 10 rings (SSSR count). The molecule has 5 aliphatic carbocycles. The van der Waals surface area contributed by atoms with E-state index in [1.165, 1.54) is 6.92 Å². The summed E-state index contributed by atoms with van der Waals surface area (Å²) in [7, 11) is 0. The third-order valence-corrected chi connectivity index (χ3v) is 22.3. The van der Waals surface area contributed by atoms with E-state index in [0.29, 0.717) is 57.8 Å². The van der Waals surface area contributed by atoms with Crippen molar-refractivity contribution in [3.63, 3.8) is 0 Å². The van der Waals surface area contributed by atoms with Gasteiger partial charge in [-0.05, 0) is 99.2 Å². The van der Waals surface area contributed by atoms with Gasteiger partial charge in [0, 0.05) is 11.3 Å². The zero-order chi connectivity index (χ0) is 60.2. The zero-order valence-electron chi connectivity index (χ0n) is 47.7. The summed E-state index contributed by atoms with van der Waals surface area (Å²) in [5, 5.41) is 161. The van der Waals surface area contributed by atoms with Gasteiger partial charge in [-0.25, -0.2) is 0 Å². The Morgan fingerprint density at radius 3 is 1.93 bits per heavy atom. The highest BCUT2D eigenvalue weighted by atomic mass is 16.8. The van der Waals surface area contributed by atoms with Crippen molar-refractivity contribution in [2.75, 3.05) is 33.0 Å². The summed E-state index contributed by atoms with van der Waals surface area (Å²) in [5.74, 6) is -1.07. The molecule has 0 aromatic carbocycles. The van der Waals surface area contributed by atoms with Crippen LogP contribution < -0.4 is 0 Å². The minimum absolute atomic E-state index is 0.0702. The predicted octanol–water partition coefficient (Wildman–Crippen LogP) is -3.40. The highest BCUT2D eigenvalue weighted by Crippen LogP contribution is 2.75. The van der Waals surface area contributed by atoms with Crippen LogP contribution in [-0.4, -0.2) is 263 Å². The maximum atomic E-state index is 15.0. The first-order valence-corrected chi connectivity index (χ1v) is 29.5. The summed E-state index contributed by atoms with van der Waals surface area (Å²) in [6, 6.07) is 0. The molecule has 0 unspecified atom stereocenters. The van der Waals surface area contributed by atoms with Gasteiger partial charge in [0.15, 0.2) is 25.2 Å². The van der Waals surface area contributed by atoms with Crippen molar-refractivity contribution in [2.45, 2.75) is 246 Å². The van der Waals surface area contributed by atoms with Gasteiger partial charge in [0.1, 0.15) is 104 Å². The lowest BCUT2D eigenvalue weighted by Crippen LogP contribution is -2.67. The largest absolute Gasteiger partial charge is 0.432 e. The van der Waals surface area contributed by atoms with Gasteiger partial charge in [-0.1, -0.05) is 51.5 Å². The molecule has 26 nitrogen and oxygen atoms in total. The van der Waals surface area contributed by atoms with Crippen LogP contribution in [0, 0.1) is 44.8 Å². The smallest absolute Gasteiger partial charge is 0.315 e. The predicted molar refractivity (Wildman–Crippen MR) is 279 cm³/mol. The third-order valence-electron chi connectivity index (χ3n) is 22.3. The first kappa shape index (κ1) is 64.0. The number of ether oxygens (including phenoxy) is 10. The van der Waals surface area contributed by atoms with E-state index in [-0.39, 0.29) is 41.8 Å². The zero-order valence-corrected chi connectivity index (χ0v) is 47.7. The van der Waals surface area contributed by atoms with Gasteiger partial charge < -0.3 is 124 Å². The van der Waals surface area contributed by atoms with Crippen LogP contribution in [0.1, 0.15) is 98.8 Å². The number of allylic oxidation sites excluding steroid dienone is 3. The normalized spacial score (nSPS) is 54.8. The Kier molecular flexibility index (Phi) is 18.6. The van der Waals surface area contributed by atoms with Crippen molar-refractivity contribution in [2.24, 2.45) is 44.8 Å². The molecule has 9 fully saturated rings. The fraction of sp³-hybridized carbons (Fsp3) is 0.912. The molecule has 26 heteroatoms. The van der Waals surface area contributed by atoms with Crippen molar-refractivity contribution >= 4 is 5.97 Å². The molecule has 0 spiro atoms. The average Bonchev–Trinajstić information content (AvgIpc) is 0.802. The van der Waals surface area contributed by atoms with Crippen molar-refractivity contribution in [1.29, 1.82) is 0 Å². The van der Waals surface area contributed by atoms with E-state index in [1.807, 2.05) is 6.92 Å². The lowest BCUT2D eigenvalue weighted by molar-refractivity contribution is -0.384. The standard InChI is InChI=1S/C57H90O26/c1-23-9-14-57(52(73)83-50-44(72)40(68)37(65)30(79-50)21-76-47-42(70)39(67)36(64)29(18-58)78-47)16-15-55(5)25(26(57)17-23)7-8-32-53(3)12-11-33(54(4,22-59)31(53)10-13-56(32,55)6)80-51-46(82-49-43(71)38(66)34(62)24(2)77-49)45(28(61)20-75-51)81-48-41(69)35(63)27(60)19-74-48/h7,24,26-51,58-72H,1,8-22H2,2-6H3/t24-,26-,27-,28-,29+,30+,31+,32+,33-,34-,35-,36+,37+,38+,39-,40-,41+,42+,43+,44+,45-,46+,47+,48-,49-,50-,51-,53-,54-,55+,56+,57-/m0/s1. The quantitative estimate of drug-likeness (QED) is 0.0485. The third kappa shape index (κ3) is 10.7. The topological polar surface area (TPSA) is 413 Å². The second kappa shape index (κ2) is 24.1. The molecule has 15 N–H and O–H groups in total. The number of hydrogen-bond acceptors (Lipinski definition) is 26. The Balaban J connectivity index is 0.873. The van der Waals surface area contributed by atoms with Gasteiger partial charge >= 0.3 is 5.97 Å². The molecular formula is C57H90O26. The lowest BCUT2D eigenvalue weighted by atomic mass is 9.34. The Labute approximate surface area is 481 Å². The van der Waals surface area contributed by atoms with Crippen LogP contribution in [0.5, 0.6) is 0 Å². The van der Waals surface area contributed by atoms with Crippen molar-refractivity contribution in [3.8, 4) is 0 Å². The summed E-state index contributed by atoms with van der Waals surface area (Å²) < 4.78 is 60.0. The Morgan fingerprint density at radius 2 is 1.23 bits per heavy atom. The molecule has 83 heavy (non-hydrogen) atoms. The Bertz CT molecular complexity index is 2330. The molecule has 0 aromatic heterocycles. The molecule has 5 aliphatic heterocycles. The molecule has 0 radical (unpaired) electrons. The minimum Gasteiger partial charge on any atom is -0.432 e. The average molecular weight is 1190 g/mol. The van der Waals surface area contributed by atoms with E-state index < -0.39 is 189 Å². The van der Waals surface area contributed by atoms with Crippen LogP contribution in [0.15, 0.2) is 23.8 Å². The van der Waals surface area contributed by atoms with Crippen molar-refractivity contribution in [1.82, 2.24) is 0 Å². The highest BCUT2D eigenvalue weighted by Gasteiger charge is 2.70. The van der Waals surface area contributed by atoms with E-state index in [2.05, 4.69) is 33.4 Å². The molecule has 32 atom stereocenters. The Hall–Kier alpha value is -2.01. The van der Waals surface area contributed by atoms with Gasteiger partial charge in [-0.15, -0.1) is 0 Å². The maximum absolute atomic E-state index is 15.0. The van der Waals surface area contributed by atoms with E-state index in [4.69, 9.17) is 47.4 Å². The number of esters is 1. The van der Waals surface area contributed by atoms with Crippen LogP contribution in [-0.2, 0) is 52.2 Å². The monoisotopic (exact) mass is 1190 g/mol. The molecular weight excluding hydrogens is 1100 g/mol. The number of carbonyl (C=O) groups is 1. The lowest BCUT2D eigenvalue weighted by Gasteiger charge is -2.71. The van der Waals surface area contributed by atoms with Gasteiger partial charge in [0.25, 0.3) is 0 Å². The molecule has 0 bridgehead atoms. The molecule has 0 aromatic rings. The summed E-state index contributed by atoms with van der Waals surface area (Å²) >= 11 is 0. The highest BCUT2D eigenvalue weighted by molar-refractivity contribution is 5.79. The van der Waals surface area contributed by atoms with Crippen molar-refractivity contribution < 1.29 is 129 Å². The molecule has 474 valence electrons. The van der Waals surface area contributed by atoms with Gasteiger partial charge in [-0.2, -0.15) is 0 Å². The summed E-state index contributed by atoms with van der Waals surface area (Å²) in [4.78, 5) is 15.0. The summed E-state index contributed by atoms with van der Waals surface area (Å²) in [6.45, 7) is 12.4. The fourth-order valence-electron chi connectivity index (χ4n) is 16.9. The number of carbonyl (C=O) groups excluding carboxylic acids is 1. The molecule has 4 saturated carbocycles. The molecule has 5 saturated heterocycles. The van der Waals surface area contributed by atoms with E-state index in [9.17, 15) is 76.6 Å². The van der Waals surface area contributed by atoms with Gasteiger partial charge in [0.05, 0.1) is 50.7 Å². The molecule has 5 heterocycles. The molecule has 10 aliphatic rings. The van der Waals surface area contributed by atoms with Crippen LogP contribution >= 0.6 is 0 Å². The number of aliphatic hydroxyl groups excluding tert-OH is 15. The number of hydrogen-bond donors (Lipinski definition) is 15. The number of rotatable bonds is 13. The summed E-state index contributed by atoms with van der Waals surface area (Å²) in [6.07, 6.45) is -29.5. The van der Waals surface area contributed by atoms with E-state index in [1.54, 1.807) is 0 Å². The van der Waals surface area contributed by atoms with E-state index >= 15 is 4.79 Å². The van der Waals surface area contributed by atoms with Crippen molar-refractivity contribution in [3.05, 3.63) is 23.8 Å². The second-order valence-electron chi connectivity index (χ2n) is 26.6. The second-order valence-corrected chi connectivity index (χ2v) is 26.6. The number of aliphatic hydroxyl groups is 15. The van der Waals surface area contributed by atoms with Gasteiger partial charge in [0.2, 0.25) is 6.29 Å². The van der Waals surface area contributed by atoms with Crippen LogP contribution in [0.2, 0.25) is 0 Å². The Morgan fingerprint density at radius 1 is 0.614 bits per heavy atom. The van der Waals surface area contributed by atoms with Crippen LogP contribution in [0.3, 0.4) is 0 Å². The van der Waals surface area contributed by atoms with E-state index in [0.717, 1.165) is 17.6 Å². The van der Waals surface area contributed by atoms with Gasteiger partial charge in [-0.3, -0.25) is 4.79 Å². The minimum atomic E-state index is -1.87. The SMILES string of the molecule is C=C1CC[C@]2(C(=O)O[C@@H]3O[C@H](CO[C@@H]4O[C@H](CO)[C@@H](O)[C@H](O)[C@H]4O)[C@@H](O)[C@H](O)[C@H]3O)CC[C@]3(C)C(=CC[C@@H]4[C@@]5(C)CC[C@H](O[C@@H]6OC[C@H](O)[C@H](O[C@@H]7OC[C@H](O)[C@H](O)[C@H]7O)[C@H]6O[C@@H]6O[C@@H](C)[C@H](O)[C@@H](O)[C@H]6O)[C@@](C)(CO)[C@@H]5CC[C@]43C)[C@@H]2C1. The fourth-order valence-corrected chi connectivity index (χ4v) is 16.9. The maximum Gasteiger partial charge on any atom is 0.315 e.